The lowest BCUT2D eigenvalue weighted by molar-refractivity contribution is 0.0601. The Kier molecular flexibility index (Phi) is 11.3. The van der Waals surface area contributed by atoms with Gasteiger partial charge < -0.3 is 26.0 Å². The minimum Gasteiger partial charge on any atom is -0.467 e. The van der Waals surface area contributed by atoms with Gasteiger partial charge in [-0.1, -0.05) is 77.9 Å². The van der Waals surface area contributed by atoms with Gasteiger partial charge in [0.2, 0.25) is 0 Å². The highest BCUT2D eigenvalue weighted by atomic mass is 16.5. The average molecular weight is 842 g/mol. The number of carbonyl (C=O) groups excluding carboxylic acids is 2. The normalized spacial score (nSPS) is 12.1. The fourth-order valence-corrected chi connectivity index (χ4v) is 6.10. The Labute approximate surface area is 354 Å². The molecule has 5 heterocycles. The number of esters is 1. The molecular formula is C40H43N17O5. The van der Waals surface area contributed by atoms with Crippen LogP contribution >= 0.6 is 0 Å². The lowest BCUT2D eigenvalue weighted by Crippen LogP contribution is -2.16. The number of nitrogens with zero attached hydrogens (tertiary/aromatic N) is 15. The highest BCUT2D eigenvalue weighted by Gasteiger charge is 2.31. The maximum Gasteiger partial charge on any atom is 0.343 e. The summed E-state index contributed by atoms with van der Waals surface area (Å²) in [6.07, 6.45) is 2.66. The summed E-state index contributed by atoms with van der Waals surface area (Å²) < 4.78 is 15.9. The van der Waals surface area contributed by atoms with Crippen LogP contribution in [0.4, 0.5) is 34.6 Å². The average Bonchev–Trinajstić information content (AvgIpc) is 4.04. The predicted octanol–water partition coefficient (Wildman–Crippen LogP) is 6.17. The number of carbonyl (C=O) groups is 2. The predicted molar refractivity (Wildman–Crippen MR) is 225 cm³/mol. The molecule has 22 nitrogen and oxygen atoms in total. The number of Topliss-reactive ketones (excluding diaryl/α,β-unsaturated/α-hetero) is 1. The summed E-state index contributed by atoms with van der Waals surface area (Å²) >= 11 is 0. The van der Waals surface area contributed by atoms with Crippen molar-refractivity contribution in [3.63, 3.8) is 0 Å². The maximum atomic E-state index is 12.8. The fraction of sp³-hybridized carbons (Fsp3) is 0.275. The monoisotopic (exact) mass is 841 g/mol. The van der Waals surface area contributed by atoms with Gasteiger partial charge in [0.25, 0.3) is 11.9 Å². The second-order valence-electron chi connectivity index (χ2n) is 15.6. The molecule has 2 aromatic carbocycles. The van der Waals surface area contributed by atoms with Crippen LogP contribution in [-0.4, -0.2) is 91.8 Å². The first kappa shape index (κ1) is 42.1. The maximum absolute atomic E-state index is 12.8. The van der Waals surface area contributed by atoms with E-state index in [-0.39, 0.29) is 63.7 Å². The zero-order valence-electron chi connectivity index (χ0n) is 35.1. The van der Waals surface area contributed by atoms with Crippen LogP contribution < -0.4 is 16.2 Å². The number of anilines is 2. The summed E-state index contributed by atoms with van der Waals surface area (Å²) in [6.45, 7) is 10.7. The third kappa shape index (κ3) is 8.00. The number of para-hydroxylation sites is 2. The summed E-state index contributed by atoms with van der Waals surface area (Å²) in [5.74, 6) is -1.32. The number of nitrogen functional groups attached to an aromatic ring is 2. The van der Waals surface area contributed by atoms with Gasteiger partial charge in [0.05, 0.1) is 54.9 Å². The third-order valence-electron chi connectivity index (χ3n) is 9.19. The van der Waals surface area contributed by atoms with Gasteiger partial charge in [-0.3, -0.25) is 4.79 Å². The van der Waals surface area contributed by atoms with Crippen LogP contribution in [0.3, 0.4) is 0 Å². The van der Waals surface area contributed by atoms with Crippen LogP contribution in [-0.2, 0) is 15.6 Å². The first-order valence-electron chi connectivity index (χ1n) is 19.0. The molecule has 0 atom stereocenters. The van der Waals surface area contributed by atoms with Crippen molar-refractivity contribution in [2.24, 2.45) is 20.5 Å². The van der Waals surface area contributed by atoms with E-state index < -0.39 is 29.2 Å². The number of ketones is 1. The minimum absolute atomic E-state index is 0.00941. The zero-order chi connectivity index (χ0) is 44.5. The van der Waals surface area contributed by atoms with Crippen molar-refractivity contribution in [2.75, 3.05) is 32.3 Å². The topological polar surface area (TPSA) is 284 Å². The van der Waals surface area contributed by atoms with Crippen molar-refractivity contribution >= 4 is 46.4 Å². The highest BCUT2D eigenvalue weighted by Crippen LogP contribution is 2.40. The van der Waals surface area contributed by atoms with Gasteiger partial charge in [0.15, 0.2) is 40.4 Å². The van der Waals surface area contributed by atoms with Crippen LogP contribution in [0.25, 0.3) is 23.3 Å². The molecule has 7 rings (SSSR count). The fourth-order valence-electron chi connectivity index (χ4n) is 6.10. The molecule has 0 saturated heterocycles. The number of rotatable bonds is 12. The number of ether oxygens (including phenoxy) is 2. The molecule has 0 bridgehead atoms. The van der Waals surface area contributed by atoms with Gasteiger partial charge in [0, 0.05) is 10.8 Å². The van der Waals surface area contributed by atoms with Gasteiger partial charge in [-0.25, -0.2) is 14.2 Å². The molecule has 0 saturated carbocycles. The van der Waals surface area contributed by atoms with Crippen molar-refractivity contribution in [2.45, 2.75) is 52.4 Å². The van der Waals surface area contributed by atoms with Crippen molar-refractivity contribution in [1.29, 1.82) is 0 Å². The van der Waals surface area contributed by atoms with Crippen molar-refractivity contribution in [3.05, 3.63) is 95.6 Å². The standard InChI is InChI=1S/C40H43N17O5/c1-39(2,3)29-27(48-50-33-24(26(59)21-58)19-43-54(33)22-15-11-9-12-16-22)31(41)56(52-29)36-45-37(47-38(46-36)62-8)57-32(42)28(30(53-57)40(4,5)6)49-51-34-25(35(60)61-7)20-44-55(34)23-17-13-10-14-18-23/h9-20,58H,21,41-42H2,1-8H3. The van der Waals surface area contributed by atoms with Crippen molar-refractivity contribution in [1.82, 2.24) is 54.1 Å². The summed E-state index contributed by atoms with van der Waals surface area (Å²) in [6, 6.07) is 18.0. The van der Waals surface area contributed by atoms with E-state index in [1.807, 2.05) is 65.8 Å². The molecule has 0 aliphatic heterocycles. The molecule has 5 aromatic heterocycles. The number of hydrogen-bond acceptors (Lipinski definition) is 18. The summed E-state index contributed by atoms with van der Waals surface area (Å²) in [5, 5.41) is 46.0. The number of nitrogens with two attached hydrogens (primary N) is 2. The molecule has 22 heteroatoms. The van der Waals surface area contributed by atoms with Gasteiger partial charge in [-0.2, -0.15) is 44.7 Å². The van der Waals surface area contributed by atoms with Crippen LogP contribution in [0, 0.1) is 0 Å². The van der Waals surface area contributed by atoms with Gasteiger partial charge in [-0.15, -0.1) is 20.5 Å². The second-order valence-corrected chi connectivity index (χ2v) is 15.6. The lowest BCUT2D eigenvalue weighted by Gasteiger charge is -2.15. The molecule has 0 aliphatic carbocycles. The summed E-state index contributed by atoms with van der Waals surface area (Å²) in [5.41, 5.74) is 14.7. The van der Waals surface area contributed by atoms with E-state index in [0.717, 1.165) is 0 Å². The SMILES string of the molecule is COC(=O)c1cnn(-c2ccccc2)c1N=Nc1c(C(C)(C)C)nn(-c2nc(OC)nc(-n3nc(C(C)(C)C)c(N=Nc4c(C(=O)CO)cnn4-c4ccccc4)c3N)n2)c1N. The molecule has 0 spiro atoms. The Morgan fingerprint density at radius 2 is 1.08 bits per heavy atom. The largest absolute Gasteiger partial charge is 0.467 e. The van der Waals surface area contributed by atoms with Gasteiger partial charge in [0.1, 0.15) is 12.2 Å². The molecule has 318 valence electrons. The van der Waals surface area contributed by atoms with E-state index in [1.165, 1.54) is 45.3 Å². The number of methoxy groups -OCH3 is 2. The third-order valence-corrected chi connectivity index (χ3v) is 9.19. The molecule has 7 aromatic rings. The molecule has 62 heavy (non-hydrogen) atoms. The Bertz CT molecular complexity index is 2650. The molecule has 0 amide bonds. The first-order chi connectivity index (χ1) is 29.5. The van der Waals surface area contributed by atoms with Crippen molar-refractivity contribution < 1.29 is 24.2 Å². The summed E-state index contributed by atoms with van der Waals surface area (Å²) in [7, 11) is 2.63. The first-order valence-corrected chi connectivity index (χ1v) is 19.0. The molecule has 0 unspecified atom stereocenters. The number of aliphatic hydroxyl groups is 1. The van der Waals surface area contributed by atoms with Crippen LogP contribution in [0.2, 0.25) is 0 Å². The Morgan fingerprint density at radius 3 is 1.48 bits per heavy atom. The van der Waals surface area contributed by atoms with E-state index in [9.17, 15) is 14.7 Å². The van der Waals surface area contributed by atoms with E-state index >= 15 is 0 Å². The number of azo groups is 2. The number of aliphatic hydroxyl groups excluding tert-OH is 1. The Morgan fingerprint density at radius 1 is 0.645 bits per heavy atom. The van der Waals surface area contributed by atoms with Crippen LogP contribution in [0.5, 0.6) is 6.01 Å². The highest BCUT2D eigenvalue weighted by molar-refractivity contribution is 6.00. The summed E-state index contributed by atoms with van der Waals surface area (Å²) in [4.78, 5) is 39.1. The lowest BCUT2D eigenvalue weighted by atomic mass is 9.91. The molecule has 0 radical (unpaired) electrons. The molecule has 0 aliphatic rings. The van der Waals surface area contributed by atoms with Gasteiger partial charge >= 0.3 is 12.0 Å². The number of aromatic nitrogens is 11. The Hall–Kier alpha value is -8.01. The minimum atomic E-state index is -0.765. The zero-order valence-corrected chi connectivity index (χ0v) is 35.1. The van der Waals surface area contributed by atoms with Crippen molar-refractivity contribution in [3.8, 4) is 29.3 Å². The van der Waals surface area contributed by atoms with Gasteiger partial charge in [-0.05, 0) is 24.3 Å². The second kappa shape index (κ2) is 16.6. The van der Waals surface area contributed by atoms with E-state index in [4.69, 9.17) is 31.1 Å². The van der Waals surface area contributed by atoms with E-state index in [0.29, 0.717) is 22.8 Å². The van der Waals surface area contributed by atoms with E-state index in [2.05, 4.69) is 45.6 Å². The molecular weight excluding hydrogens is 799 g/mol. The quantitative estimate of drug-likeness (QED) is 0.0704. The van der Waals surface area contributed by atoms with Crippen LogP contribution in [0.15, 0.2) is 93.5 Å². The Balaban J connectivity index is 1.35. The number of benzene rings is 2. The molecule has 0 fully saturated rings. The van der Waals surface area contributed by atoms with Crippen LogP contribution in [0.1, 0.15) is 73.6 Å². The van der Waals surface area contributed by atoms with E-state index in [1.54, 1.807) is 36.4 Å². The smallest absolute Gasteiger partial charge is 0.343 e. The molecule has 5 N–H and O–H groups in total. The number of hydrogen-bond donors (Lipinski definition) is 3.